The minimum Gasteiger partial charge on any atom is -0.493 e. The number of hydrogen-bond acceptors (Lipinski definition) is 5. The summed E-state index contributed by atoms with van der Waals surface area (Å²) in [5.74, 6) is 1.97. The van der Waals surface area contributed by atoms with Crippen molar-refractivity contribution in [2.75, 3.05) is 33.2 Å². The maximum atomic E-state index is 13.4. The minimum absolute atomic E-state index is 0.149. The standard InChI is InChI=1S/C23H23ClF3N3O3/c1-31-18-10-13(11-19(32-2)21(18)33-3)20-15-6-4-5-9-28-22(15)30(29-20)17-12-14(23(25,26)27)7-8-16(17)24/h7-8,10-12,28H,4-6,9H2,1-3H3. The van der Waals surface area contributed by atoms with Crippen molar-refractivity contribution in [2.24, 2.45) is 0 Å². The first kappa shape index (κ1) is 23.1. The van der Waals surface area contributed by atoms with Crippen LogP contribution in [0.2, 0.25) is 5.02 Å². The number of anilines is 1. The van der Waals surface area contributed by atoms with Crippen LogP contribution in [0.1, 0.15) is 24.0 Å². The fraction of sp³-hybridized carbons (Fsp3) is 0.348. The van der Waals surface area contributed by atoms with Crippen LogP contribution < -0.4 is 19.5 Å². The first-order chi connectivity index (χ1) is 15.8. The third-order valence-corrected chi connectivity index (χ3v) is 5.89. The summed E-state index contributed by atoms with van der Waals surface area (Å²) in [6.07, 6.45) is -1.99. The second-order valence-corrected chi connectivity index (χ2v) is 7.96. The molecule has 6 nitrogen and oxygen atoms in total. The van der Waals surface area contributed by atoms with Gasteiger partial charge in [0.05, 0.1) is 43.3 Å². The lowest BCUT2D eigenvalue weighted by Gasteiger charge is -2.14. The summed E-state index contributed by atoms with van der Waals surface area (Å²) in [4.78, 5) is 0. The van der Waals surface area contributed by atoms with Crippen LogP contribution in [0.5, 0.6) is 17.2 Å². The number of aromatic nitrogens is 2. The maximum Gasteiger partial charge on any atom is 0.416 e. The predicted molar refractivity (Wildman–Crippen MR) is 120 cm³/mol. The molecule has 2 heterocycles. The Morgan fingerprint density at radius 1 is 1.00 bits per heavy atom. The SMILES string of the molecule is COc1cc(-c2nn(-c3cc(C(F)(F)F)ccc3Cl)c3c2CCCCN3)cc(OC)c1OC. The monoisotopic (exact) mass is 481 g/mol. The third-order valence-electron chi connectivity index (χ3n) is 5.57. The highest BCUT2D eigenvalue weighted by Crippen LogP contribution is 2.44. The van der Waals surface area contributed by atoms with Crippen molar-refractivity contribution < 1.29 is 27.4 Å². The van der Waals surface area contributed by atoms with Gasteiger partial charge >= 0.3 is 6.18 Å². The summed E-state index contributed by atoms with van der Waals surface area (Å²) >= 11 is 6.34. The van der Waals surface area contributed by atoms with Crippen molar-refractivity contribution in [1.29, 1.82) is 0 Å². The number of alkyl halides is 3. The molecular formula is C23H23ClF3N3O3. The molecule has 0 aliphatic carbocycles. The molecule has 3 aromatic rings. The molecule has 0 saturated heterocycles. The van der Waals surface area contributed by atoms with Gasteiger partial charge in [0.2, 0.25) is 5.75 Å². The molecule has 0 bridgehead atoms. The van der Waals surface area contributed by atoms with E-state index in [1.54, 1.807) is 12.1 Å². The van der Waals surface area contributed by atoms with Crippen molar-refractivity contribution in [3.63, 3.8) is 0 Å². The van der Waals surface area contributed by atoms with Gasteiger partial charge in [0.25, 0.3) is 0 Å². The van der Waals surface area contributed by atoms with Crippen LogP contribution in [-0.4, -0.2) is 37.7 Å². The van der Waals surface area contributed by atoms with E-state index in [1.165, 1.54) is 32.1 Å². The van der Waals surface area contributed by atoms with Crippen molar-refractivity contribution in [3.05, 3.63) is 46.5 Å². The zero-order chi connectivity index (χ0) is 23.8. The van der Waals surface area contributed by atoms with E-state index in [-0.39, 0.29) is 10.7 Å². The maximum absolute atomic E-state index is 13.4. The van der Waals surface area contributed by atoms with Gasteiger partial charge in [0.15, 0.2) is 11.5 Å². The van der Waals surface area contributed by atoms with Gasteiger partial charge in [-0.15, -0.1) is 0 Å². The quantitative estimate of drug-likeness (QED) is 0.485. The zero-order valence-electron chi connectivity index (χ0n) is 18.3. The van der Waals surface area contributed by atoms with Crippen molar-refractivity contribution in [3.8, 4) is 34.2 Å². The number of fused-ring (bicyclic) bond motifs is 1. The first-order valence-electron chi connectivity index (χ1n) is 10.3. The molecule has 0 atom stereocenters. The molecule has 0 saturated carbocycles. The van der Waals surface area contributed by atoms with Crippen LogP contribution in [-0.2, 0) is 12.6 Å². The molecule has 4 rings (SSSR count). The number of methoxy groups -OCH3 is 3. The lowest BCUT2D eigenvalue weighted by Crippen LogP contribution is -2.10. The van der Waals surface area contributed by atoms with Crippen LogP contribution >= 0.6 is 11.6 Å². The molecule has 1 aliphatic rings. The average molecular weight is 482 g/mol. The molecule has 176 valence electrons. The Morgan fingerprint density at radius 3 is 2.30 bits per heavy atom. The highest BCUT2D eigenvalue weighted by atomic mass is 35.5. The van der Waals surface area contributed by atoms with Gasteiger partial charge in [0, 0.05) is 17.7 Å². The van der Waals surface area contributed by atoms with Crippen LogP contribution in [0.25, 0.3) is 16.9 Å². The number of nitrogens with one attached hydrogen (secondary N) is 1. The number of nitrogens with zero attached hydrogens (tertiary/aromatic N) is 2. The lowest BCUT2D eigenvalue weighted by atomic mass is 10.0. The Labute approximate surface area is 194 Å². The van der Waals surface area contributed by atoms with Crippen LogP contribution in [0.4, 0.5) is 19.0 Å². The van der Waals surface area contributed by atoms with E-state index in [1.807, 2.05) is 0 Å². The van der Waals surface area contributed by atoms with E-state index in [9.17, 15) is 13.2 Å². The molecule has 33 heavy (non-hydrogen) atoms. The number of hydrogen-bond donors (Lipinski definition) is 1. The van der Waals surface area contributed by atoms with Gasteiger partial charge in [0.1, 0.15) is 5.82 Å². The summed E-state index contributed by atoms with van der Waals surface area (Å²) in [6.45, 7) is 0.671. The largest absolute Gasteiger partial charge is 0.493 e. The van der Waals surface area contributed by atoms with E-state index in [0.29, 0.717) is 47.3 Å². The van der Waals surface area contributed by atoms with Crippen LogP contribution in [0.15, 0.2) is 30.3 Å². The highest BCUT2D eigenvalue weighted by molar-refractivity contribution is 6.32. The minimum atomic E-state index is -4.50. The molecule has 1 aliphatic heterocycles. The molecule has 2 aromatic carbocycles. The van der Waals surface area contributed by atoms with Gasteiger partial charge in [-0.25, -0.2) is 4.68 Å². The molecule has 0 spiro atoms. The van der Waals surface area contributed by atoms with Crippen LogP contribution in [0.3, 0.4) is 0 Å². The third kappa shape index (κ3) is 4.29. The number of ether oxygens (including phenoxy) is 3. The number of benzene rings is 2. The first-order valence-corrected chi connectivity index (χ1v) is 10.7. The van der Waals surface area contributed by atoms with Gasteiger partial charge in [-0.3, -0.25) is 0 Å². The van der Waals surface area contributed by atoms with Gasteiger partial charge in [-0.1, -0.05) is 11.6 Å². The van der Waals surface area contributed by atoms with E-state index in [0.717, 1.165) is 30.5 Å². The van der Waals surface area contributed by atoms with E-state index >= 15 is 0 Å². The summed E-state index contributed by atoms with van der Waals surface area (Å²) in [7, 11) is 4.55. The van der Waals surface area contributed by atoms with Crippen molar-refractivity contribution in [2.45, 2.75) is 25.4 Å². The Morgan fingerprint density at radius 2 is 1.70 bits per heavy atom. The summed E-state index contributed by atoms with van der Waals surface area (Å²) < 4.78 is 58.0. The molecule has 0 amide bonds. The summed E-state index contributed by atoms with van der Waals surface area (Å²) in [5, 5.41) is 8.20. The van der Waals surface area contributed by atoms with Crippen LogP contribution in [0, 0.1) is 0 Å². The summed E-state index contributed by atoms with van der Waals surface area (Å²) in [6, 6.07) is 6.76. The Balaban J connectivity index is 1.96. The van der Waals surface area contributed by atoms with Gasteiger partial charge in [-0.2, -0.15) is 18.3 Å². The molecule has 0 radical (unpaired) electrons. The molecule has 0 unspecified atom stereocenters. The number of halogens is 4. The second kappa shape index (κ2) is 9.05. The summed E-state index contributed by atoms with van der Waals surface area (Å²) in [5.41, 5.74) is 1.53. The predicted octanol–water partition coefficient (Wildman–Crippen LogP) is 5.99. The van der Waals surface area contributed by atoms with E-state index in [4.69, 9.17) is 30.9 Å². The van der Waals surface area contributed by atoms with Crippen molar-refractivity contribution >= 4 is 17.4 Å². The Bertz CT molecular complexity index is 1150. The fourth-order valence-electron chi connectivity index (χ4n) is 3.98. The fourth-order valence-corrected chi connectivity index (χ4v) is 4.18. The topological polar surface area (TPSA) is 57.5 Å². The van der Waals surface area contributed by atoms with Crippen molar-refractivity contribution in [1.82, 2.24) is 9.78 Å². The smallest absolute Gasteiger partial charge is 0.416 e. The normalized spacial score (nSPS) is 13.7. The highest BCUT2D eigenvalue weighted by Gasteiger charge is 2.32. The number of rotatable bonds is 5. The zero-order valence-corrected chi connectivity index (χ0v) is 19.1. The molecule has 1 aromatic heterocycles. The average Bonchev–Trinajstić information content (AvgIpc) is 2.98. The second-order valence-electron chi connectivity index (χ2n) is 7.55. The molecule has 0 fully saturated rings. The van der Waals surface area contributed by atoms with Gasteiger partial charge in [-0.05, 0) is 49.6 Å². The van der Waals surface area contributed by atoms with E-state index in [2.05, 4.69) is 5.32 Å². The molecule has 1 N–H and O–H groups in total. The molecular weight excluding hydrogens is 459 g/mol. The Hall–Kier alpha value is -3.07. The lowest BCUT2D eigenvalue weighted by molar-refractivity contribution is -0.137. The van der Waals surface area contributed by atoms with E-state index < -0.39 is 11.7 Å². The van der Waals surface area contributed by atoms with Gasteiger partial charge < -0.3 is 19.5 Å². The molecule has 10 heteroatoms. The Kier molecular flexibility index (Phi) is 6.34.